The molecule has 126 valence electrons. The van der Waals surface area contributed by atoms with Crippen molar-refractivity contribution in [3.63, 3.8) is 0 Å². The second-order valence-corrected chi connectivity index (χ2v) is 10.5. The van der Waals surface area contributed by atoms with E-state index in [9.17, 15) is 10.2 Å². The van der Waals surface area contributed by atoms with Crippen LogP contribution in [0.15, 0.2) is 0 Å². The van der Waals surface area contributed by atoms with Crippen molar-refractivity contribution in [1.29, 1.82) is 0 Å². The first-order valence-corrected chi connectivity index (χ1v) is 10.3. The second kappa shape index (κ2) is 5.20. The van der Waals surface area contributed by atoms with Gasteiger partial charge in [0, 0.05) is 4.83 Å². The second-order valence-electron chi connectivity index (χ2n) is 9.33. The van der Waals surface area contributed by atoms with E-state index >= 15 is 0 Å². The van der Waals surface area contributed by atoms with Gasteiger partial charge in [-0.15, -0.1) is 0 Å². The van der Waals surface area contributed by atoms with Crippen molar-refractivity contribution >= 4 is 15.9 Å². The fourth-order valence-corrected chi connectivity index (χ4v) is 8.19. The predicted molar refractivity (Wildman–Crippen MR) is 91.8 cm³/mol. The normalized spacial score (nSPS) is 61.2. The van der Waals surface area contributed by atoms with Gasteiger partial charge in [0.15, 0.2) is 0 Å². The first-order chi connectivity index (χ1) is 10.4. The lowest BCUT2D eigenvalue weighted by molar-refractivity contribution is -0.133. The average molecular weight is 371 g/mol. The number of hydrogen-bond acceptors (Lipinski definition) is 2. The van der Waals surface area contributed by atoms with Crippen molar-refractivity contribution in [2.24, 2.45) is 34.5 Å². The van der Waals surface area contributed by atoms with E-state index in [0.29, 0.717) is 16.2 Å². The van der Waals surface area contributed by atoms with Gasteiger partial charge < -0.3 is 10.2 Å². The molecule has 0 saturated heterocycles. The van der Waals surface area contributed by atoms with Crippen LogP contribution in [0.2, 0.25) is 0 Å². The van der Waals surface area contributed by atoms with Crippen molar-refractivity contribution in [1.82, 2.24) is 0 Å². The van der Waals surface area contributed by atoms with Gasteiger partial charge in [0.2, 0.25) is 0 Å². The predicted octanol–water partition coefficient (Wildman–Crippen LogP) is 4.12. The van der Waals surface area contributed by atoms with Crippen LogP contribution in [0.25, 0.3) is 0 Å². The Hall–Kier alpha value is 0.400. The van der Waals surface area contributed by atoms with E-state index in [1.807, 2.05) is 0 Å². The van der Waals surface area contributed by atoms with E-state index in [-0.39, 0.29) is 17.6 Å². The Bertz CT molecular complexity index is 455. The number of hydrogen-bond donors (Lipinski definition) is 2. The van der Waals surface area contributed by atoms with Crippen LogP contribution in [0.1, 0.15) is 65.2 Å². The highest BCUT2D eigenvalue weighted by Gasteiger charge is 2.61. The highest BCUT2D eigenvalue weighted by Crippen LogP contribution is 2.66. The molecule has 22 heavy (non-hydrogen) atoms. The fraction of sp³-hybridized carbons (Fsp3) is 1.00. The summed E-state index contributed by atoms with van der Waals surface area (Å²) in [5.41, 5.74) is 0.575. The Morgan fingerprint density at radius 3 is 2.36 bits per heavy atom. The molecule has 3 heteroatoms. The molecule has 0 aromatic carbocycles. The Labute approximate surface area is 143 Å². The smallest absolute Gasteiger partial charge is 0.0721 e. The number of aliphatic hydroxyl groups is 2. The molecular weight excluding hydrogens is 340 g/mol. The number of aliphatic hydroxyl groups excluding tert-OH is 2. The van der Waals surface area contributed by atoms with Crippen LogP contribution in [0.3, 0.4) is 0 Å². The lowest BCUT2D eigenvalue weighted by atomic mass is 9.45. The topological polar surface area (TPSA) is 40.5 Å². The van der Waals surface area contributed by atoms with Crippen molar-refractivity contribution in [2.45, 2.75) is 82.2 Å². The SMILES string of the molecule is C[C@]12CC[C@H](O)C[C@@H]1CC[C@@H]1[C@@H]2CC[C@]2(C)[C@@H](O)[C@H](Br)C[C@@H]12. The Morgan fingerprint density at radius 2 is 1.59 bits per heavy atom. The maximum Gasteiger partial charge on any atom is 0.0721 e. The van der Waals surface area contributed by atoms with E-state index in [4.69, 9.17) is 0 Å². The van der Waals surface area contributed by atoms with Crippen LogP contribution in [0.5, 0.6) is 0 Å². The largest absolute Gasteiger partial charge is 0.393 e. The van der Waals surface area contributed by atoms with E-state index < -0.39 is 0 Å². The molecule has 0 heterocycles. The molecular formula is C19H31BrO2. The minimum absolute atomic E-state index is 0.0521. The lowest BCUT2D eigenvalue weighted by Gasteiger charge is -2.60. The molecule has 0 aromatic rings. The molecule has 0 unspecified atom stereocenters. The molecule has 2 N–H and O–H groups in total. The fourth-order valence-electron chi connectivity index (χ4n) is 7.18. The van der Waals surface area contributed by atoms with Gasteiger partial charge in [0.1, 0.15) is 0 Å². The summed E-state index contributed by atoms with van der Waals surface area (Å²) in [6.45, 7) is 4.87. The first-order valence-electron chi connectivity index (χ1n) is 9.36. The molecule has 0 aromatic heterocycles. The van der Waals surface area contributed by atoms with E-state index in [2.05, 4.69) is 29.8 Å². The van der Waals surface area contributed by atoms with E-state index in [0.717, 1.165) is 37.0 Å². The summed E-state index contributed by atoms with van der Waals surface area (Å²) in [6, 6.07) is 0. The zero-order valence-corrected chi connectivity index (χ0v) is 15.6. The van der Waals surface area contributed by atoms with Gasteiger partial charge in [-0.2, -0.15) is 0 Å². The van der Waals surface area contributed by atoms with E-state index in [1.165, 1.54) is 32.1 Å². The standard InChI is InChI=1S/C19H31BrO2/c1-18-7-5-12(21)9-11(18)3-4-13-14(18)6-8-19(2)15(13)10-16(20)17(19)22/h11-17,21-22H,3-10H2,1-2H3/t11-,12-,13+,14-,15-,16+,17-,18-,19-/m0/s1. The van der Waals surface area contributed by atoms with Crippen molar-refractivity contribution < 1.29 is 10.2 Å². The van der Waals surface area contributed by atoms with Crippen LogP contribution in [-0.4, -0.2) is 27.2 Å². The van der Waals surface area contributed by atoms with Crippen LogP contribution in [0, 0.1) is 34.5 Å². The average Bonchev–Trinajstić information content (AvgIpc) is 2.72. The van der Waals surface area contributed by atoms with Gasteiger partial charge in [-0.3, -0.25) is 0 Å². The van der Waals surface area contributed by atoms with Gasteiger partial charge in [0.25, 0.3) is 0 Å². The monoisotopic (exact) mass is 370 g/mol. The van der Waals surface area contributed by atoms with Crippen molar-refractivity contribution in [3.8, 4) is 0 Å². The number of rotatable bonds is 0. The molecule has 4 rings (SSSR count). The summed E-state index contributed by atoms with van der Waals surface area (Å²) >= 11 is 3.75. The molecule has 9 atom stereocenters. The zero-order valence-electron chi connectivity index (χ0n) is 14.0. The van der Waals surface area contributed by atoms with Crippen LogP contribution in [-0.2, 0) is 0 Å². The Balaban J connectivity index is 1.63. The minimum atomic E-state index is -0.169. The quantitative estimate of drug-likeness (QED) is 0.629. The third kappa shape index (κ3) is 2.04. The number of halogens is 1. The van der Waals surface area contributed by atoms with Gasteiger partial charge in [-0.25, -0.2) is 0 Å². The summed E-state index contributed by atoms with van der Waals surface area (Å²) in [7, 11) is 0. The molecule has 0 bridgehead atoms. The minimum Gasteiger partial charge on any atom is -0.393 e. The van der Waals surface area contributed by atoms with Gasteiger partial charge in [0.05, 0.1) is 12.2 Å². The Kier molecular flexibility index (Phi) is 3.76. The third-order valence-corrected chi connectivity index (χ3v) is 9.45. The summed E-state index contributed by atoms with van der Waals surface area (Å²) in [5.74, 6) is 3.04. The van der Waals surface area contributed by atoms with Gasteiger partial charge in [-0.05, 0) is 85.9 Å². The molecule has 4 aliphatic rings. The Morgan fingerprint density at radius 1 is 0.864 bits per heavy atom. The van der Waals surface area contributed by atoms with E-state index in [1.54, 1.807) is 0 Å². The summed E-state index contributed by atoms with van der Waals surface area (Å²) in [6.07, 6.45) is 9.28. The summed E-state index contributed by atoms with van der Waals surface area (Å²) in [5, 5.41) is 20.8. The number of fused-ring (bicyclic) bond motifs is 5. The molecule has 0 radical (unpaired) electrons. The summed E-state index contributed by atoms with van der Waals surface area (Å²) in [4.78, 5) is 0.292. The zero-order chi connectivity index (χ0) is 15.7. The maximum absolute atomic E-state index is 10.7. The lowest BCUT2D eigenvalue weighted by Crippen LogP contribution is -2.54. The molecule has 0 spiro atoms. The van der Waals surface area contributed by atoms with Crippen molar-refractivity contribution in [3.05, 3.63) is 0 Å². The van der Waals surface area contributed by atoms with Crippen molar-refractivity contribution in [2.75, 3.05) is 0 Å². The molecule has 4 saturated carbocycles. The first kappa shape index (κ1) is 15.9. The molecule has 0 amide bonds. The number of alkyl halides is 1. The summed E-state index contributed by atoms with van der Waals surface area (Å²) < 4.78 is 0. The van der Waals surface area contributed by atoms with Crippen LogP contribution < -0.4 is 0 Å². The maximum atomic E-state index is 10.7. The molecule has 4 aliphatic carbocycles. The van der Waals surface area contributed by atoms with Crippen LogP contribution >= 0.6 is 15.9 Å². The van der Waals surface area contributed by atoms with Gasteiger partial charge >= 0.3 is 0 Å². The molecule has 2 nitrogen and oxygen atoms in total. The van der Waals surface area contributed by atoms with Gasteiger partial charge in [-0.1, -0.05) is 29.8 Å². The molecule has 0 aliphatic heterocycles. The molecule has 4 fully saturated rings. The van der Waals surface area contributed by atoms with Crippen LogP contribution in [0.4, 0.5) is 0 Å². The highest BCUT2D eigenvalue weighted by atomic mass is 79.9. The highest BCUT2D eigenvalue weighted by molar-refractivity contribution is 9.09. The third-order valence-electron chi connectivity index (χ3n) is 8.57.